The molecule has 2 atom stereocenters. The summed E-state index contributed by atoms with van der Waals surface area (Å²) in [6.07, 6.45) is 0.251. The fourth-order valence-corrected chi connectivity index (χ4v) is 2.25. The summed E-state index contributed by atoms with van der Waals surface area (Å²) in [5.74, 6) is -0.341. The number of thiocarbonyl (C=S) groups is 1. The van der Waals surface area contributed by atoms with Crippen LogP contribution in [0.3, 0.4) is 0 Å². The van der Waals surface area contributed by atoms with Gasteiger partial charge in [0.15, 0.2) is 0 Å². The fourth-order valence-electron chi connectivity index (χ4n) is 1.87. The lowest BCUT2D eigenvalue weighted by atomic mass is 9.94. The van der Waals surface area contributed by atoms with Crippen molar-refractivity contribution >= 4 is 23.1 Å². The lowest BCUT2D eigenvalue weighted by Crippen LogP contribution is -2.42. The Morgan fingerprint density at radius 3 is 2.53 bits per heavy atom. The summed E-state index contributed by atoms with van der Waals surface area (Å²) in [6, 6.07) is 0. The Kier molecular flexibility index (Phi) is 4.04. The second kappa shape index (κ2) is 4.90. The Balaban J connectivity index is 2.68. The minimum atomic E-state index is -0.398. The van der Waals surface area contributed by atoms with Gasteiger partial charge in [-0.05, 0) is 12.3 Å². The number of likely N-dealkylation sites (tertiary alicyclic amines) is 1. The molecule has 0 spiro atoms. The molecule has 1 fully saturated rings. The van der Waals surface area contributed by atoms with E-state index in [1.54, 1.807) is 4.90 Å². The molecule has 0 aliphatic carbocycles. The Morgan fingerprint density at radius 1 is 1.60 bits per heavy atom. The molecule has 0 radical (unpaired) electrons. The van der Waals surface area contributed by atoms with E-state index in [1.807, 2.05) is 13.8 Å². The molecule has 1 saturated heterocycles. The SMILES string of the molecule is CC(C)C(C(=O)N1CCC(O)C1)C(N)=S. The molecule has 0 saturated carbocycles. The molecule has 15 heavy (non-hydrogen) atoms. The van der Waals surface area contributed by atoms with Crippen molar-refractivity contribution in [2.75, 3.05) is 13.1 Å². The standard InChI is InChI=1S/C10H18N2O2S/c1-6(2)8(9(11)15)10(14)12-4-3-7(13)5-12/h6-8,13H,3-5H2,1-2H3,(H2,11,15). The molecule has 3 N–H and O–H groups in total. The second-order valence-electron chi connectivity index (χ2n) is 4.35. The molecule has 86 valence electrons. The van der Waals surface area contributed by atoms with Gasteiger partial charge in [0.25, 0.3) is 0 Å². The molecule has 0 bridgehead atoms. The van der Waals surface area contributed by atoms with Gasteiger partial charge in [-0.25, -0.2) is 0 Å². The number of nitrogens with two attached hydrogens (primary N) is 1. The molecular formula is C10H18N2O2S. The third kappa shape index (κ3) is 2.89. The quantitative estimate of drug-likeness (QED) is 0.677. The van der Waals surface area contributed by atoms with Crippen LogP contribution in [0, 0.1) is 11.8 Å². The number of nitrogens with zero attached hydrogens (tertiary/aromatic N) is 1. The van der Waals surface area contributed by atoms with Crippen molar-refractivity contribution in [2.24, 2.45) is 17.6 Å². The Morgan fingerprint density at radius 2 is 2.20 bits per heavy atom. The molecular weight excluding hydrogens is 212 g/mol. The molecule has 1 rings (SSSR count). The summed E-state index contributed by atoms with van der Waals surface area (Å²) < 4.78 is 0. The highest BCUT2D eigenvalue weighted by Crippen LogP contribution is 2.18. The number of rotatable bonds is 3. The largest absolute Gasteiger partial charge is 0.393 e. The van der Waals surface area contributed by atoms with Crippen molar-refractivity contribution in [3.05, 3.63) is 0 Å². The lowest BCUT2D eigenvalue weighted by molar-refractivity contribution is -0.133. The highest BCUT2D eigenvalue weighted by atomic mass is 32.1. The van der Waals surface area contributed by atoms with Gasteiger partial charge in [0.1, 0.15) is 0 Å². The number of aliphatic hydroxyl groups excluding tert-OH is 1. The maximum Gasteiger partial charge on any atom is 0.232 e. The lowest BCUT2D eigenvalue weighted by Gasteiger charge is -2.24. The van der Waals surface area contributed by atoms with E-state index in [9.17, 15) is 9.90 Å². The van der Waals surface area contributed by atoms with Crippen LogP contribution < -0.4 is 5.73 Å². The van der Waals surface area contributed by atoms with Crippen LogP contribution in [0.4, 0.5) is 0 Å². The zero-order chi connectivity index (χ0) is 11.6. The van der Waals surface area contributed by atoms with Crippen molar-refractivity contribution in [2.45, 2.75) is 26.4 Å². The molecule has 0 aromatic heterocycles. The fraction of sp³-hybridized carbons (Fsp3) is 0.800. The Hall–Kier alpha value is -0.680. The minimum Gasteiger partial charge on any atom is -0.393 e. The van der Waals surface area contributed by atoms with Gasteiger partial charge in [0.2, 0.25) is 5.91 Å². The Bertz CT molecular complexity index is 268. The first-order chi connectivity index (χ1) is 6.93. The van der Waals surface area contributed by atoms with Crippen LogP contribution in [-0.4, -0.2) is 40.1 Å². The molecule has 1 aliphatic heterocycles. The van der Waals surface area contributed by atoms with Gasteiger partial charge in [-0.1, -0.05) is 26.1 Å². The first-order valence-electron chi connectivity index (χ1n) is 5.19. The van der Waals surface area contributed by atoms with Crippen molar-refractivity contribution in [3.63, 3.8) is 0 Å². The van der Waals surface area contributed by atoms with Gasteiger partial charge in [-0.2, -0.15) is 0 Å². The van der Waals surface area contributed by atoms with Crippen LogP contribution in [0.1, 0.15) is 20.3 Å². The van der Waals surface area contributed by atoms with Gasteiger partial charge in [0, 0.05) is 13.1 Å². The summed E-state index contributed by atoms with van der Waals surface area (Å²) in [5, 5.41) is 9.35. The predicted octanol–water partition coefficient (Wildman–Crippen LogP) is 0.138. The number of β-amino-alcohol motifs (C(OH)–C–C–N with tert-alkyl or cyclic N) is 1. The number of carbonyl (C=O) groups is 1. The third-order valence-electron chi connectivity index (χ3n) is 2.71. The molecule has 1 amide bonds. The average Bonchev–Trinajstić information content (AvgIpc) is 2.50. The molecule has 4 nitrogen and oxygen atoms in total. The van der Waals surface area contributed by atoms with E-state index in [0.717, 1.165) is 0 Å². The normalized spacial score (nSPS) is 23.2. The van der Waals surface area contributed by atoms with Crippen molar-refractivity contribution in [3.8, 4) is 0 Å². The molecule has 0 aromatic carbocycles. The van der Waals surface area contributed by atoms with Gasteiger partial charge < -0.3 is 15.7 Å². The smallest absolute Gasteiger partial charge is 0.232 e. The highest BCUT2D eigenvalue weighted by molar-refractivity contribution is 7.80. The number of hydrogen-bond acceptors (Lipinski definition) is 3. The molecule has 2 unspecified atom stereocenters. The van der Waals surface area contributed by atoms with Crippen LogP contribution in [0.2, 0.25) is 0 Å². The van der Waals surface area contributed by atoms with E-state index in [2.05, 4.69) is 0 Å². The summed E-state index contributed by atoms with van der Waals surface area (Å²) in [5.41, 5.74) is 5.56. The minimum absolute atomic E-state index is 0.0472. The van der Waals surface area contributed by atoms with Crippen LogP contribution in [0.25, 0.3) is 0 Å². The molecule has 1 aliphatic rings. The summed E-state index contributed by atoms with van der Waals surface area (Å²) in [6.45, 7) is 4.86. The predicted molar refractivity (Wildman–Crippen MR) is 62.3 cm³/mol. The van der Waals surface area contributed by atoms with E-state index in [4.69, 9.17) is 18.0 Å². The second-order valence-corrected chi connectivity index (χ2v) is 4.82. The zero-order valence-electron chi connectivity index (χ0n) is 9.14. The van der Waals surface area contributed by atoms with E-state index in [-0.39, 0.29) is 16.8 Å². The molecule has 5 heteroatoms. The summed E-state index contributed by atoms with van der Waals surface area (Å²) in [7, 11) is 0. The first-order valence-corrected chi connectivity index (χ1v) is 5.60. The maximum atomic E-state index is 12.0. The maximum absolute atomic E-state index is 12.0. The molecule has 1 heterocycles. The monoisotopic (exact) mass is 230 g/mol. The van der Waals surface area contributed by atoms with Crippen LogP contribution >= 0.6 is 12.2 Å². The third-order valence-corrected chi connectivity index (χ3v) is 2.97. The summed E-state index contributed by atoms with van der Waals surface area (Å²) >= 11 is 4.90. The van der Waals surface area contributed by atoms with E-state index in [0.29, 0.717) is 19.5 Å². The van der Waals surface area contributed by atoms with Crippen LogP contribution in [0.5, 0.6) is 0 Å². The van der Waals surface area contributed by atoms with Gasteiger partial charge in [-0.15, -0.1) is 0 Å². The van der Waals surface area contributed by atoms with E-state index < -0.39 is 12.0 Å². The number of amides is 1. The Labute approximate surface area is 95.4 Å². The van der Waals surface area contributed by atoms with Crippen molar-refractivity contribution < 1.29 is 9.90 Å². The van der Waals surface area contributed by atoms with Crippen LogP contribution in [-0.2, 0) is 4.79 Å². The van der Waals surface area contributed by atoms with Crippen molar-refractivity contribution in [1.82, 2.24) is 4.90 Å². The zero-order valence-corrected chi connectivity index (χ0v) is 9.96. The van der Waals surface area contributed by atoms with Crippen molar-refractivity contribution in [1.29, 1.82) is 0 Å². The molecule has 0 aromatic rings. The average molecular weight is 230 g/mol. The first kappa shape index (κ1) is 12.4. The van der Waals surface area contributed by atoms with Crippen LogP contribution in [0.15, 0.2) is 0 Å². The van der Waals surface area contributed by atoms with Gasteiger partial charge in [-0.3, -0.25) is 4.79 Å². The highest BCUT2D eigenvalue weighted by Gasteiger charge is 2.33. The van der Waals surface area contributed by atoms with Gasteiger partial charge in [0.05, 0.1) is 17.0 Å². The number of carbonyl (C=O) groups excluding carboxylic acids is 1. The van der Waals surface area contributed by atoms with Gasteiger partial charge >= 0.3 is 0 Å². The summed E-state index contributed by atoms with van der Waals surface area (Å²) in [4.78, 5) is 13.9. The van der Waals surface area contributed by atoms with E-state index in [1.165, 1.54) is 0 Å². The number of hydrogen-bond donors (Lipinski definition) is 2. The topological polar surface area (TPSA) is 66.6 Å². The van der Waals surface area contributed by atoms with E-state index >= 15 is 0 Å². The number of aliphatic hydroxyl groups is 1.